The summed E-state index contributed by atoms with van der Waals surface area (Å²) >= 11 is 0. The van der Waals surface area contributed by atoms with E-state index in [0.29, 0.717) is 6.04 Å². The molecule has 0 amide bonds. The Bertz CT molecular complexity index is 246. The normalized spacial score (nSPS) is 13.1. The van der Waals surface area contributed by atoms with E-state index in [4.69, 9.17) is 5.73 Å². The molecule has 0 saturated heterocycles. The molecule has 0 aliphatic carbocycles. The molecule has 0 fully saturated rings. The summed E-state index contributed by atoms with van der Waals surface area (Å²) in [6.07, 6.45) is 1.06. The van der Waals surface area contributed by atoms with Crippen LogP contribution in [0.3, 0.4) is 0 Å². The fraction of sp³-hybridized carbons (Fsp3) is 0.500. The maximum absolute atomic E-state index is 5.53. The molecular weight excluding hydrogens is 172 g/mol. The number of benzene rings is 1. The topological polar surface area (TPSA) is 29.3 Å². The summed E-state index contributed by atoms with van der Waals surface area (Å²) in [5.41, 5.74) is 6.89. The van der Waals surface area contributed by atoms with Gasteiger partial charge in [0.25, 0.3) is 0 Å². The molecule has 1 rings (SSSR count). The van der Waals surface area contributed by atoms with Crippen LogP contribution in [0.15, 0.2) is 30.3 Å². The van der Waals surface area contributed by atoms with Crippen LogP contribution < -0.4 is 5.73 Å². The average Bonchev–Trinajstić information content (AvgIpc) is 2.19. The van der Waals surface area contributed by atoms with Crippen LogP contribution in [0.2, 0.25) is 0 Å². The SMILES string of the molecule is CC(CCN)N(C)Cc1ccccc1. The zero-order valence-corrected chi connectivity index (χ0v) is 9.11. The molecule has 0 heterocycles. The van der Waals surface area contributed by atoms with E-state index in [1.165, 1.54) is 5.56 Å². The molecule has 0 aromatic heterocycles. The monoisotopic (exact) mass is 192 g/mol. The Hall–Kier alpha value is -0.860. The van der Waals surface area contributed by atoms with Crippen LogP contribution in [-0.4, -0.2) is 24.5 Å². The van der Waals surface area contributed by atoms with Gasteiger partial charge in [-0.2, -0.15) is 0 Å². The number of rotatable bonds is 5. The van der Waals surface area contributed by atoms with Crippen LogP contribution in [0.1, 0.15) is 18.9 Å². The summed E-state index contributed by atoms with van der Waals surface area (Å²) < 4.78 is 0. The number of hydrogen-bond acceptors (Lipinski definition) is 2. The Labute approximate surface area is 86.7 Å². The Morgan fingerprint density at radius 2 is 1.93 bits per heavy atom. The van der Waals surface area contributed by atoms with Gasteiger partial charge >= 0.3 is 0 Å². The van der Waals surface area contributed by atoms with Gasteiger partial charge in [0.05, 0.1) is 0 Å². The van der Waals surface area contributed by atoms with E-state index in [9.17, 15) is 0 Å². The minimum Gasteiger partial charge on any atom is -0.330 e. The van der Waals surface area contributed by atoms with Gasteiger partial charge in [-0.3, -0.25) is 4.90 Å². The van der Waals surface area contributed by atoms with Crippen LogP contribution in [0.25, 0.3) is 0 Å². The fourth-order valence-corrected chi connectivity index (χ4v) is 1.49. The fourth-order valence-electron chi connectivity index (χ4n) is 1.49. The third-order valence-electron chi connectivity index (χ3n) is 2.61. The molecule has 0 radical (unpaired) electrons. The van der Waals surface area contributed by atoms with E-state index in [-0.39, 0.29) is 0 Å². The van der Waals surface area contributed by atoms with E-state index in [1.54, 1.807) is 0 Å². The molecule has 1 aromatic carbocycles. The third-order valence-corrected chi connectivity index (χ3v) is 2.61. The molecule has 0 spiro atoms. The van der Waals surface area contributed by atoms with Crippen molar-refractivity contribution in [3.05, 3.63) is 35.9 Å². The standard InChI is InChI=1S/C12H20N2/c1-11(8-9-13)14(2)10-12-6-4-3-5-7-12/h3-7,11H,8-10,13H2,1-2H3. The van der Waals surface area contributed by atoms with Crippen LogP contribution in [0, 0.1) is 0 Å². The van der Waals surface area contributed by atoms with Gasteiger partial charge in [-0.1, -0.05) is 30.3 Å². The van der Waals surface area contributed by atoms with Crippen molar-refractivity contribution in [3.8, 4) is 0 Å². The lowest BCUT2D eigenvalue weighted by Crippen LogP contribution is -2.30. The van der Waals surface area contributed by atoms with E-state index < -0.39 is 0 Å². The molecule has 2 N–H and O–H groups in total. The van der Waals surface area contributed by atoms with Crippen molar-refractivity contribution in [2.45, 2.75) is 25.9 Å². The summed E-state index contributed by atoms with van der Waals surface area (Å²) in [4.78, 5) is 2.34. The Balaban J connectivity index is 2.44. The molecule has 0 bridgehead atoms. The highest BCUT2D eigenvalue weighted by atomic mass is 15.1. The molecule has 78 valence electrons. The second kappa shape index (κ2) is 5.78. The zero-order valence-electron chi connectivity index (χ0n) is 9.11. The predicted molar refractivity (Wildman–Crippen MR) is 61.0 cm³/mol. The predicted octanol–water partition coefficient (Wildman–Crippen LogP) is 1.86. The minimum absolute atomic E-state index is 0.556. The first-order valence-electron chi connectivity index (χ1n) is 5.18. The Kier molecular flexibility index (Phi) is 4.63. The summed E-state index contributed by atoms with van der Waals surface area (Å²) in [6.45, 7) is 3.98. The quantitative estimate of drug-likeness (QED) is 0.771. The third kappa shape index (κ3) is 3.48. The lowest BCUT2D eigenvalue weighted by atomic mass is 10.1. The highest BCUT2D eigenvalue weighted by Gasteiger charge is 2.07. The van der Waals surface area contributed by atoms with Crippen molar-refractivity contribution >= 4 is 0 Å². The Morgan fingerprint density at radius 3 is 2.50 bits per heavy atom. The van der Waals surface area contributed by atoms with Crippen LogP contribution in [-0.2, 0) is 6.54 Å². The van der Waals surface area contributed by atoms with Crippen LogP contribution in [0.5, 0.6) is 0 Å². The molecule has 14 heavy (non-hydrogen) atoms. The number of nitrogens with two attached hydrogens (primary N) is 1. The summed E-state index contributed by atoms with van der Waals surface area (Å²) in [5.74, 6) is 0. The Morgan fingerprint density at radius 1 is 1.29 bits per heavy atom. The molecule has 0 aliphatic rings. The molecule has 1 unspecified atom stereocenters. The van der Waals surface area contributed by atoms with Crippen molar-refractivity contribution in [2.24, 2.45) is 5.73 Å². The summed E-state index contributed by atoms with van der Waals surface area (Å²) in [6, 6.07) is 11.1. The lowest BCUT2D eigenvalue weighted by Gasteiger charge is -2.24. The molecule has 2 nitrogen and oxygen atoms in total. The van der Waals surface area contributed by atoms with Gasteiger partial charge in [-0.15, -0.1) is 0 Å². The van der Waals surface area contributed by atoms with E-state index >= 15 is 0 Å². The van der Waals surface area contributed by atoms with E-state index in [0.717, 1.165) is 19.5 Å². The summed E-state index contributed by atoms with van der Waals surface area (Å²) in [7, 11) is 2.15. The van der Waals surface area contributed by atoms with Gasteiger partial charge < -0.3 is 5.73 Å². The lowest BCUT2D eigenvalue weighted by molar-refractivity contribution is 0.240. The first-order valence-corrected chi connectivity index (χ1v) is 5.18. The average molecular weight is 192 g/mol. The van der Waals surface area contributed by atoms with Crippen molar-refractivity contribution in [1.29, 1.82) is 0 Å². The van der Waals surface area contributed by atoms with Crippen LogP contribution >= 0.6 is 0 Å². The smallest absolute Gasteiger partial charge is 0.0233 e. The second-order valence-corrected chi connectivity index (χ2v) is 3.83. The molecule has 1 atom stereocenters. The highest BCUT2D eigenvalue weighted by Crippen LogP contribution is 2.07. The van der Waals surface area contributed by atoms with Crippen molar-refractivity contribution < 1.29 is 0 Å². The molecule has 0 aliphatic heterocycles. The van der Waals surface area contributed by atoms with Crippen molar-refractivity contribution in [2.75, 3.05) is 13.6 Å². The number of hydrogen-bond donors (Lipinski definition) is 1. The van der Waals surface area contributed by atoms with Gasteiger partial charge in [0, 0.05) is 12.6 Å². The van der Waals surface area contributed by atoms with Crippen molar-refractivity contribution in [3.63, 3.8) is 0 Å². The highest BCUT2D eigenvalue weighted by molar-refractivity contribution is 5.14. The van der Waals surface area contributed by atoms with Gasteiger partial charge in [-0.05, 0) is 32.5 Å². The van der Waals surface area contributed by atoms with Gasteiger partial charge in [0.1, 0.15) is 0 Å². The second-order valence-electron chi connectivity index (χ2n) is 3.83. The first kappa shape index (κ1) is 11.2. The zero-order chi connectivity index (χ0) is 10.4. The first-order chi connectivity index (χ1) is 6.74. The minimum atomic E-state index is 0.556. The van der Waals surface area contributed by atoms with E-state index in [1.807, 2.05) is 6.07 Å². The van der Waals surface area contributed by atoms with Gasteiger partial charge in [0.2, 0.25) is 0 Å². The van der Waals surface area contributed by atoms with Gasteiger partial charge in [0.15, 0.2) is 0 Å². The number of nitrogens with zero attached hydrogens (tertiary/aromatic N) is 1. The largest absolute Gasteiger partial charge is 0.330 e. The summed E-state index contributed by atoms with van der Waals surface area (Å²) in [5, 5.41) is 0. The molecule has 0 saturated carbocycles. The molecule has 1 aromatic rings. The molecule has 2 heteroatoms. The maximum atomic E-state index is 5.53. The van der Waals surface area contributed by atoms with Crippen LogP contribution in [0.4, 0.5) is 0 Å². The molecular formula is C12H20N2. The van der Waals surface area contributed by atoms with Crippen molar-refractivity contribution in [1.82, 2.24) is 4.90 Å². The van der Waals surface area contributed by atoms with E-state index in [2.05, 4.69) is 43.1 Å². The maximum Gasteiger partial charge on any atom is 0.0233 e. The van der Waals surface area contributed by atoms with Gasteiger partial charge in [-0.25, -0.2) is 0 Å².